The molecule has 102 valence electrons. The van der Waals surface area contributed by atoms with Crippen LogP contribution in [0.4, 0.5) is 0 Å². The number of benzene rings is 1. The monoisotopic (exact) mass is 278 g/mol. The van der Waals surface area contributed by atoms with Gasteiger partial charge in [0.05, 0.1) is 24.4 Å². The lowest BCUT2D eigenvalue weighted by Gasteiger charge is -2.13. The second kappa shape index (κ2) is 6.65. The topological polar surface area (TPSA) is 54.4 Å². The average molecular weight is 278 g/mol. The first-order chi connectivity index (χ1) is 9.20. The van der Waals surface area contributed by atoms with Crippen molar-refractivity contribution in [1.29, 1.82) is 0 Å². The van der Waals surface area contributed by atoms with E-state index in [0.29, 0.717) is 6.54 Å². The molecule has 0 aliphatic heterocycles. The molecule has 0 saturated carbocycles. The van der Waals surface area contributed by atoms with Gasteiger partial charge in [-0.15, -0.1) is 11.3 Å². The Morgan fingerprint density at radius 3 is 3.00 bits per heavy atom. The zero-order valence-corrected chi connectivity index (χ0v) is 11.9. The van der Waals surface area contributed by atoms with E-state index in [1.807, 2.05) is 36.7 Å². The minimum Gasteiger partial charge on any atom is -0.497 e. The lowest BCUT2D eigenvalue weighted by Crippen LogP contribution is -2.21. The molecule has 0 saturated heterocycles. The fraction of sp³-hybridized carbons (Fsp3) is 0.357. The maximum absolute atomic E-state index is 10.1. The Bertz CT molecular complexity index is 528. The van der Waals surface area contributed by atoms with Gasteiger partial charge < -0.3 is 15.2 Å². The van der Waals surface area contributed by atoms with Crippen molar-refractivity contribution < 1.29 is 9.84 Å². The summed E-state index contributed by atoms with van der Waals surface area (Å²) in [6, 6.07) is 7.49. The molecule has 1 aromatic carbocycles. The zero-order valence-electron chi connectivity index (χ0n) is 11.1. The van der Waals surface area contributed by atoms with E-state index >= 15 is 0 Å². The number of ether oxygens (including phenoxy) is 1. The Balaban J connectivity index is 1.87. The summed E-state index contributed by atoms with van der Waals surface area (Å²) in [5.41, 5.74) is 3.74. The quantitative estimate of drug-likeness (QED) is 0.851. The SMILES string of the molecule is COc1cccc(C(O)CNCc2scnc2C)c1. The molecule has 1 aromatic heterocycles. The summed E-state index contributed by atoms with van der Waals surface area (Å²) in [4.78, 5) is 5.40. The Kier molecular flexibility index (Phi) is 4.90. The van der Waals surface area contributed by atoms with Gasteiger partial charge in [-0.3, -0.25) is 0 Å². The van der Waals surface area contributed by atoms with Crippen LogP contribution >= 0.6 is 11.3 Å². The predicted octanol–water partition coefficient (Wildman–Crippen LogP) is 2.28. The number of methoxy groups -OCH3 is 1. The fourth-order valence-electron chi connectivity index (χ4n) is 1.78. The van der Waals surface area contributed by atoms with E-state index < -0.39 is 6.10 Å². The first-order valence-corrected chi connectivity index (χ1v) is 7.00. The molecular weight excluding hydrogens is 260 g/mol. The molecule has 5 heteroatoms. The van der Waals surface area contributed by atoms with E-state index in [1.54, 1.807) is 18.4 Å². The number of hydrogen-bond acceptors (Lipinski definition) is 5. The molecule has 1 unspecified atom stereocenters. The van der Waals surface area contributed by atoms with Crippen molar-refractivity contribution >= 4 is 11.3 Å². The Labute approximate surface area is 117 Å². The highest BCUT2D eigenvalue weighted by Gasteiger charge is 2.08. The molecule has 1 atom stereocenters. The summed E-state index contributed by atoms with van der Waals surface area (Å²) < 4.78 is 5.15. The van der Waals surface area contributed by atoms with Crippen LogP contribution in [-0.2, 0) is 6.54 Å². The maximum Gasteiger partial charge on any atom is 0.119 e. The molecular formula is C14H18N2O2S. The van der Waals surface area contributed by atoms with E-state index in [2.05, 4.69) is 10.3 Å². The summed E-state index contributed by atoms with van der Waals surface area (Å²) >= 11 is 1.63. The molecule has 0 spiro atoms. The fourth-order valence-corrected chi connectivity index (χ4v) is 2.53. The van der Waals surface area contributed by atoms with Crippen LogP contribution in [0.25, 0.3) is 0 Å². The predicted molar refractivity (Wildman–Crippen MR) is 76.5 cm³/mol. The summed E-state index contributed by atoms with van der Waals surface area (Å²) in [7, 11) is 1.62. The Morgan fingerprint density at radius 2 is 2.32 bits per heavy atom. The summed E-state index contributed by atoms with van der Waals surface area (Å²) in [6.07, 6.45) is -0.539. The van der Waals surface area contributed by atoms with Crippen LogP contribution in [-0.4, -0.2) is 23.7 Å². The number of hydrogen-bond donors (Lipinski definition) is 2. The van der Waals surface area contributed by atoms with E-state index in [-0.39, 0.29) is 0 Å². The van der Waals surface area contributed by atoms with Crippen LogP contribution in [0, 0.1) is 6.92 Å². The van der Waals surface area contributed by atoms with Gasteiger partial charge in [-0.2, -0.15) is 0 Å². The van der Waals surface area contributed by atoms with E-state index in [1.165, 1.54) is 4.88 Å². The van der Waals surface area contributed by atoms with Crippen molar-refractivity contribution in [2.45, 2.75) is 19.6 Å². The highest BCUT2D eigenvalue weighted by Crippen LogP contribution is 2.19. The molecule has 1 heterocycles. The van der Waals surface area contributed by atoms with E-state index in [9.17, 15) is 5.11 Å². The zero-order chi connectivity index (χ0) is 13.7. The lowest BCUT2D eigenvalue weighted by atomic mass is 10.1. The van der Waals surface area contributed by atoms with Gasteiger partial charge in [-0.05, 0) is 24.6 Å². The number of aliphatic hydroxyl groups is 1. The van der Waals surface area contributed by atoms with Crippen molar-refractivity contribution in [2.75, 3.05) is 13.7 Å². The summed E-state index contributed by atoms with van der Waals surface area (Å²) in [6.45, 7) is 3.23. The first-order valence-electron chi connectivity index (χ1n) is 6.12. The van der Waals surface area contributed by atoms with Crippen LogP contribution < -0.4 is 10.1 Å². The third-order valence-electron chi connectivity index (χ3n) is 2.95. The average Bonchev–Trinajstić information content (AvgIpc) is 2.84. The third kappa shape index (κ3) is 3.76. The van der Waals surface area contributed by atoms with E-state index in [0.717, 1.165) is 23.6 Å². The smallest absolute Gasteiger partial charge is 0.119 e. The molecule has 2 N–H and O–H groups in total. The van der Waals surface area contributed by atoms with Gasteiger partial charge in [0.2, 0.25) is 0 Å². The maximum atomic E-state index is 10.1. The molecule has 0 fully saturated rings. The number of thiazole rings is 1. The Hall–Kier alpha value is -1.43. The molecule has 0 bridgehead atoms. The number of nitrogens with one attached hydrogen (secondary N) is 1. The molecule has 4 nitrogen and oxygen atoms in total. The summed E-state index contributed by atoms with van der Waals surface area (Å²) in [5.74, 6) is 0.759. The number of nitrogens with zero attached hydrogens (tertiary/aromatic N) is 1. The standard InChI is InChI=1S/C14H18N2O2S/c1-10-14(19-9-16-10)8-15-7-13(17)11-4-3-5-12(6-11)18-2/h3-6,9,13,15,17H,7-8H2,1-2H3. The second-order valence-corrected chi connectivity index (χ2v) is 5.22. The molecule has 0 radical (unpaired) electrons. The second-order valence-electron chi connectivity index (χ2n) is 4.28. The largest absolute Gasteiger partial charge is 0.497 e. The third-order valence-corrected chi connectivity index (χ3v) is 3.88. The number of aliphatic hydroxyl groups excluding tert-OH is 1. The molecule has 2 aromatic rings. The Morgan fingerprint density at radius 1 is 1.47 bits per heavy atom. The first kappa shape index (κ1) is 14.0. The minimum atomic E-state index is -0.539. The van der Waals surface area contributed by atoms with E-state index in [4.69, 9.17) is 4.74 Å². The molecule has 2 rings (SSSR count). The van der Waals surface area contributed by atoms with Gasteiger partial charge in [0.1, 0.15) is 5.75 Å². The van der Waals surface area contributed by atoms with Crippen LogP contribution in [0.15, 0.2) is 29.8 Å². The number of aromatic nitrogens is 1. The van der Waals surface area contributed by atoms with Gasteiger partial charge in [0.15, 0.2) is 0 Å². The van der Waals surface area contributed by atoms with Crippen molar-refractivity contribution in [2.24, 2.45) is 0 Å². The van der Waals surface area contributed by atoms with Crippen LogP contribution in [0.3, 0.4) is 0 Å². The lowest BCUT2D eigenvalue weighted by molar-refractivity contribution is 0.174. The highest BCUT2D eigenvalue weighted by molar-refractivity contribution is 7.09. The van der Waals surface area contributed by atoms with Crippen LogP contribution in [0.1, 0.15) is 22.2 Å². The van der Waals surface area contributed by atoms with Crippen LogP contribution in [0.2, 0.25) is 0 Å². The van der Waals surface area contributed by atoms with Gasteiger partial charge in [0.25, 0.3) is 0 Å². The molecule has 19 heavy (non-hydrogen) atoms. The molecule has 0 aliphatic carbocycles. The van der Waals surface area contributed by atoms with Crippen molar-refractivity contribution in [3.63, 3.8) is 0 Å². The van der Waals surface area contributed by atoms with Crippen molar-refractivity contribution in [1.82, 2.24) is 10.3 Å². The molecule has 0 amide bonds. The number of rotatable bonds is 6. The van der Waals surface area contributed by atoms with Gasteiger partial charge in [-0.1, -0.05) is 12.1 Å². The van der Waals surface area contributed by atoms with Gasteiger partial charge >= 0.3 is 0 Å². The van der Waals surface area contributed by atoms with Gasteiger partial charge in [0, 0.05) is 18.0 Å². The number of aryl methyl sites for hydroxylation is 1. The highest BCUT2D eigenvalue weighted by atomic mass is 32.1. The summed E-state index contributed by atoms with van der Waals surface area (Å²) in [5, 5.41) is 13.4. The molecule has 0 aliphatic rings. The van der Waals surface area contributed by atoms with Crippen molar-refractivity contribution in [3.05, 3.63) is 45.9 Å². The van der Waals surface area contributed by atoms with Gasteiger partial charge in [-0.25, -0.2) is 4.98 Å². The normalized spacial score (nSPS) is 12.4. The van der Waals surface area contributed by atoms with Crippen molar-refractivity contribution in [3.8, 4) is 5.75 Å². The van der Waals surface area contributed by atoms with Crippen LogP contribution in [0.5, 0.6) is 5.75 Å². The minimum absolute atomic E-state index is 0.504.